The Morgan fingerprint density at radius 2 is 1.81 bits per heavy atom. The van der Waals surface area contributed by atoms with Crippen molar-refractivity contribution in [3.8, 4) is 6.07 Å². The number of carbonyl (C=O) groups is 3. The molecule has 0 radical (unpaired) electrons. The van der Waals surface area contributed by atoms with Crippen molar-refractivity contribution >= 4 is 23.7 Å². The summed E-state index contributed by atoms with van der Waals surface area (Å²) in [4.78, 5) is 33.4. The zero-order chi connectivity index (χ0) is 16.0. The number of hydrogen-bond donors (Lipinski definition) is 3. The molecule has 9 heteroatoms. The van der Waals surface area contributed by atoms with E-state index in [0.29, 0.717) is 4.90 Å². The van der Waals surface area contributed by atoms with Crippen molar-refractivity contribution in [2.45, 2.75) is 0 Å². The molecule has 2 amide bonds. The monoisotopic (exact) mass is 295 g/mol. The molecule has 0 heterocycles. The van der Waals surface area contributed by atoms with Crippen LogP contribution in [0.25, 0.3) is 0 Å². The molecule has 110 valence electrons. The molecule has 1 aromatic rings. The summed E-state index contributed by atoms with van der Waals surface area (Å²) in [7, 11) is 0. The standard InChI is InChI=1S/C12H10FN3O5/c13-8-3-7(4-14)1-2-9(8)15-12(21)16(5-10(17)18)6-11(19)20/h1-3H,5-6H2,(H,15,21)(H,17,18)(H,19,20). The summed E-state index contributed by atoms with van der Waals surface area (Å²) in [5, 5.41) is 27.8. The van der Waals surface area contributed by atoms with Crippen LogP contribution in [0.1, 0.15) is 5.56 Å². The maximum absolute atomic E-state index is 13.6. The van der Waals surface area contributed by atoms with Crippen LogP contribution in [-0.2, 0) is 9.59 Å². The number of hydrogen-bond acceptors (Lipinski definition) is 4. The molecule has 0 unspecified atom stereocenters. The lowest BCUT2D eigenvalue weighted by molar-refractivity contribution is -0.140. The first kappa shape index (κ1) is 15.9. The van der Waals surface area contributed by atoms with E-state index in [4.69, 9.17) is 15.5 Å². The molecular formula is C12H10FN3O5. The minimum absolute atomic E-state index is 0.0402. The van der Waals surface area contributed by atoms with Gasteiger partial charge in [0.2, 0.25) is 0 Å². The van der Waals surface area contributed by atoms with Crippen LogP contribution in [0.3, 0.4) is 0 Å². The van der Waals surface area contributed by atoms with Crippen LogP contribution < -0.4 is 5.32 Å². The van der Waals surface area contributed by atoms with Crippen molar-refractivity contribution in [2.75, 3.05) is 18.4 Å². The lowest BCUT2D eigenvalue weighted by Crippen LogP contribution is -2.42. The number of nitrogens with zero attached hydrogens (tertiary/aromatic N) is 2. The van der Waals surface area contributed by atoms with E-state index in [2.05, 4.69) is 0 Å². The van der Waals surface area contributed by atoms with Gasteiger partial charge in [0.05, 0.1) is 17.3 Å². The van der Waals surface area contributed by atoms with Gasteiger partial charge in [-0.25, -0.2) is 9.18 Å². The molecule has 8 nitrogen and oxygen atoms in total. The van der Waals surface area contributed by atoms with E-state index >= 15 is 0 Å². The number of halogens is 1. The van der Waals surface area contributed by atoms with Gasteiger partial charge in [-0.05, 0) is 18.2 Å². The molecule has 0 aliphatic rings. The SMILES string of the molecule is N#Cc1ccc(NC(=O)N(CC(=O)O)CC(=O)O)c(F)c1. The highest BCUT2D eigenvalue weighted by Gasteiger charge is 2.20. The van der Waals surface area contributed by atoms with Crippen molar-refractivity contribution in [3.63, 3.8) is 0 Å². The molecule has 1 rings (SSSR count). The van der Waals surface area contributed by atoms with Crippen molar-refractivity contribution in [3.05, 3.63) is 29.6 Å². The Bertz CT molecular complexity index is 610. The minimum atomic E-state index is -1.41. The number of carbonyl (C=O) groups excluding carboxylic acids is 1. The summed E-state index contributed by atoms with van der Waals surface area (Å²) in [5.74, 6) is -3.72. The van der Waals surface area contributed by atoms with Gasteiger partial charge in [0.25, 0.3) is 0 Å². The third-order valence-corrected chi connectivity index (χ3v) is 2.28. The second kappa shape index (κ2) is 6.85. The Morgan fingerprint density at radius 1 is 1.24 bits per heavy atom. The molecule has 0 bridgehead atoms. The van der Waals surface area contributed by atoms with E-state index in [-0.39, 0.29) is 11.3 Å². The first-order valence-corrected chi connectivity index (χ1v) is 5.52. The topological polar surface area (TPSA) is 131 Å². The molecule has 0 aliphatic carbocycles. The van der Waals surface area contributed by atoms with Gasteiger partial charge in [-0.2, -0.15) is 5.26 Å². The Hall–Kier alpha value is -3.15. The van der Waals surface area contributed by atoms with Crippen LogP contribution in [0.2, 0.25) is 0 Å². The summed E-state index contributed by atoms with van der Waals surface area (Å²) in [6.07, 6.45) is 0. The summed E-state index contributed by atoms with van der Waals surface area (Å²) < 4.78 is 13.6. The molecule has 0 saturated heterocycles. The molecule has 0 atom stereocenters. The van der Waals surface area contributed by atoms with Crippen molar-refractivity contribution in [2.24, 2.45) is 0 Å². The quantitative estimate of drug-likeness (QED) is 0.732. The number of aliphatic carboxylic acids is 2. The summed E-state index contributed by atoms with van der Waals surface area (Å²) in [6.45, 7) is -1.70. The van der Waals surface area contributed by atoms with Crippen molar-refractivity contribution in [1.29, 1.82) is 5.26 Å². The van der Waals surface area contributed by atoms with Crippen molar-refractivity contribution in [1.82, 2.24) is 4.90 Å². The molecule has 0 fully saturated rings. The molecule has 1 aromatic carbocycles. The van der Waals surface area contributed by atoms with Gasteiger partial charge >= 0.3 is 18.0 Å². The van der Waals surface area contributed by atoms with Crippen LogP contribution in [0.4, 0.5) is 14.9 Å². The number of carboxylic acids is 2. The highest BCUT2D eigenvalue weighted by atomic mass is 19.1. The average Bonchev–Trinajstić information content (AvgIpc) is 2.39. The molecule has 0 aliphatic heterocycles. The zero-order valence-electron chi connectivity index (χ0n) is 10.5. The van der Waals surface area contributed by atoms with Crippen LogP contribution in [0, 0.1) is 17.1 Å². The number of carboxylic acid groups (broad SMARTS) is 2. The first-order valence-electron chi connectivity index (χ1n) is 5.52. The first-order chi connectivity index (χ1) is 9.83. The number of urea groups is 1. The van der Waals surface area contributed by atoms with E-state index in [1.165, 1.54) is 6.07 Å². The molecule has 0 spiro atoms. The lowest BCUT2D eigenvalue weighted by Gasteiger charge is -2.19. The zero-order valence-corrected chi connectivity index (χ0v) is 10.5. The Morgan fingerprint density at radius 3 is 2.24 bits per heavy atom. The van der Waals surface area contributed by atoms with Gasteiger partial charge in [0.15, 0.2) is 0 Å². The van der Waals surface area contributed by atoms with E-state index in [1.54, 1.807) is 6.07 Å². The number of anilines is 1. The van der Waals surface area contributed by atoms with Crippen LogP contribution in [0.15, 0.2) is 18.2 Å². The normalized spacial score (nSPS) is 9.52. The van der Waals surface area contributed by atoms with Crippen molar-refractivity contribution < 1.29 is 29.0 Å². The van der Waals surface area contributed by atoms with Gasteiger partial charge in [0, 0.05) is 0 Å². The number of rotatable bonds is 5. The number of amides is 2. The predicted octanol–water partition coefficient (Wildman–Crippen LogP) is 0.700. The van der Waals surface area contributed by atoms with Crippen LogP contribution in [-0.4, -0.2) is 46.2 Å². The predicted molar refractivity (Wildman–Crippen MR) is 67.0 cm³/mol. The fraction of sp³-hybridized carbons (Fsp3) is 0.167. The Balaban J connectivity index is 2.88. The molecule has 21 heavy (non-hydrogen) atoms. The van der Waals surface area contributed by atoms with Gasteiger partial charge in [0.1, 0.15) is 18.9 Å². The molecule has 0 saturated carbocycles. The average molecular weight is 295 g/mol. The molecule has 0 aromatic heterocycles. The summed E-state index contributed by atoms with van der Waals surface area (Å²) in [6, 6.07) is 3.87. The third-order valence-electron chi connectivity index (χ3n) is 2.28. The second-order valence-corrected chi connectivity index (χ2v) is 3.88. The molecular weight excluding hydrogens is 285 g/mol. The van der Waals surface area contributed by atoms with Gasteiger partial charge in [-0.15, -0.1) is 0 Å². The van der Waals surface area contributed by atoms with Crippen LogP contribution >= 0.6 is 0 Å². The molecule has 3 N–H and O–H groups in total. The van der Waals surface area contributed by atoms with Gasteiger partial charge in [-0.3, -0.25) is 9.59 Å². The number of nitriles is 1. The van der Waals surface area contributed by atoms with E-state index in [0.717, 1.165) is 12.1 Å². The highest BCUT2D eigenvalue weighted by Crippen LogP contribution is 2.15. The van der Waals surface area contributed by atoms with E-state index < -0.39 is 36.9 Å². The number of nitrogens with one attached hydrogen (secondary N) is 1. The minimum Gasteiger partial charge on any atom is -0.480 e. The maximum Gasteiger partial charge on any atom is 0.323 e. The van der Waals surface area contributed by atoms with E-state index in [9.17, 15) is 18.8 Å². The smallest absolute Gasteiger partial charge is 0.323 e. The Labute approximate surface area is 118 Å². The number of benzene rings is 1. The van der Waals surface area contributed by atoms with Crippen LogP contribution in [0.5, 0.6) is 0 Å². The maximum atomic E-state index is 13.6. The van der Waals surface area contributed by atoms with Gasteiger partial charge in [-0.1, -0.05) is 0 Å². The highest BCUT2D eigenvalue weighted by molar-refractivity contribution is 5.93. The van der Waals surface area contributed by atoms with E-state index in [1.807, 2.05) is 5.32 Å². The lowest BCUT2D eigenvalue weighted by atomic mass is 10.2. The third kappa shape index (κ3) is 4.79. The summed E-state index contributed by atoms with van der Waals surface area (Å²) >= 11 is 0. The Kier molecular flexibility index (Phi) is 5.19. The van der Waals surface area contributed by atoms with Gasteiger partial charge < -0.3 is 20.4 Å². The second-order valence-electron chi connectivity index (χ2n) is 3.88. The fourth-order valence-electron chi connectivity index (χ4n) is 1.41. The summed E-state index contributed by atoms with van der Waals surface area (Å²) in [5.41, 5.74) is -0.252. The fourth-order valence-corrected chi connectivity index (χ4v) is 1.41. The largest absolute Gasteiger partial charge is 0.480 e.